The predicted octanol–water partition coefficient (Wildman–Crippen LogP) is 2.67. The lowest BCUT2D eigenvalue weighted by atomic mass is 10.2. The van der Waals surface area contributed by atoms with Crippen LogP contribution < -0.4 is 5.32 Å². The normalized spacial score (nSPS) is 10.9. The molecular formula is C11H14BrN3S. The van der Waals surface area contributed by atoms with Gasteiger partial charge in [-0.2, -0.15) is 5.10 Å². The van der Waals surface area contributed by atoms with E-state index in [9.17, 15) is 0 Å². The number of likely N-dealkylation sites (N-methyl/N-ethyl adjacent to an activating group) is 1. The van der Waals surface area contributed by atoms with Crippen LogP contribution in [0.15, 0.2) is 22.0 Å². The van der Waals surface area contributed by atoms with Gasteiger partial charge in [-0.3, -0.25) is 4.68 Å². The van der Waals surface area contributed by atoms with Crippen LogP contribution >= 0.6 is 27.3 Å². The number of rotatable bonds is 4. The van der Waals surface area contributed by atoms with Gasteiger partial charge in [0.2, 0.25) is 0 Å². The van der Waals surface area contributed by atoms with E-state index in [1.54, 1.807) is 11.3 Å². The SMILES string of the molecule is CNCCc1cc(-c2ccc(Br)s2)nn1C. The lowest BCUT2D eigenvalue weighted by Gasteiger charge is -1.99. The van der Waals surface area contributed by atoms with Gasteiger partial charge < -0.3 is 5.32 Å². The molecule has 0 radical (unpaired) electrons. The van der Waals surface area contributed by atoms with Crippen molar-refractivity contribution in [1.82, 2.24) is 15.1 Å². The Morgan fingerprint density at radius 1 is 1.50 bits per heavy atom. The van der Waals surface area contributed by atoms with Crippen molar-refractivity contribution in [2.75, 3.05) is 13.6 Å². The van der Waals surface area contributed by atoms with Crippen LogP contribution in [-0.4, -0.2) is 23.4 Å². The third-order valence-electron chi connectivity index (χ3n) is 2.43. The lowest BCUT2D eigenvalue weighted by molar-refractivity contribution is 0.683. The van der Waals surface area contributed by atoms with Gasteiger partial charge >= 0.3 is 0 Å². The van der Waals surface area contributed by atoms with Crippen molar-refractivity contribution in [1.29, 1.82) is 0 Å². The van der Waals surface area contributed by atoms with E-state index < -0.39 is 0 Å². The molecule has 2 rings (SSSR count). The second-order valence-corrected chi connectivity index (χ2v) is 6.06. The number of aryl methyl sites for hydroxylation is 1. The molecule has 16 heavy (non-hydrogen) atoms. The first-order valence-corrected chi connectivity index (χ1v) is 6.75. The van der Waals surface area contributed by atoms with E-state index >= 15 is 0 Å². The van der Waals surface area contributed by atoms with Crippen LogP contribution in [0.25, 0.3) is 10.6 Å². The summed E-state index contributed by atoms with van der Waals surface area (Å²) in [6.07, 6.45) is 1.01. The first-order valence-electron chi connectivity index (χ1n) is 5.14. The van der Waals surface area contributed by atoms with Crippen LogP contribution in [0.3, 0.4) is 0 Å². The van der Waals surface area contributed by atoms with Crippen molar-refractivity contribution < 1.29 is 0 Å². The molecule has 0 aliphatic carbocycles. The monoisotopic (exact) mass is 299 g/mol. The molecule has 0 aliphatic heterocycles. The summed E-state index contributed by atoms with van der Waals surface area (Å²) in [5.74, 6) is 0. The van der Waals surface area contributed by atoms with Crippen LogP contribution in [0.5, 0.6) is 0 Å². The first-order chi connectivity index (χ1) is 7.70. The quantitative estimate of drug-likeness (QED) is 0.941. The molecule has 0 aliphatic rings. The van der Waals surface area contributed by atoms with Crippen LogP contribution in [0.2, 0.25) is 0 Å². The van der Waals surface area contributed by atoms with Gasteiger partial charge in [-0.15, -0.1) is 11.3 Å². The molecule has 0 saturated heterocycles. The Balaban J connectivity index is 2.23. The molecule has 5 heteroatoms. The average molecular weight is 300 g/mol. The zero-order chi connectivity index (χ0) is 11.5. The van der Waals surface area contributed by atoms with Crippen molar-refractivity contribution >= 4 is 27.3 Å². The smallest absolute Gasteiger partial charge is 0.103 e. The molecule has 0 saturated carbocycles. The molecule has 2 heterocycles. The van der Waals surface area contributed by atoms with Gasteiger partial charge in [-0.1, -0.05) is 0 Å². The molecule has 0 fully saturated rings. The van der Waals surface area contributed by atoms with E-state index in [4.69, 9.17) is 0 Å². The number of thiophene rings is 1. The molecule has 0 amide bonds. The number of aromatic nitrogens is 2. The maximum Gasteiger partial charge on any atom is 0.103 e. The first kappa shape index (κ1) is 11.8. The second kappa shape index (κ2) is 5.12. The summed E-state index contributed by atoms with van der Waals surface area (Å²) >= 11 is 5.18. The Kier molecular flexibility index (Phi) is 3.78. The summed E-state index contributed by atoms with van der Waals surface area (Å²) in [7, 11) is 3.96. The van der Waals surface area contributed by atoms with Crippen molar-refractivity contribution in [3.05, 3.63) is 27.7 Å². The summed E-state index contributed by atoms with van der Waals surface area (Å²) in [6, 6.07) is 6.32. The van der Waals surface area contributed by atoms with E-state index in [0.717, 1.165) is 22.4 Å². The topological polar surface area (TPSA) is 29.9 Å². The highest BCUT2D eigenvalue weighted by atomic mass is 79.9. The standard InChI is InChI=1S/C11H14BrN3S/c1-13-6-5-8-7-9(14-15(8)2)10-3-4-11(12)16-10/h3-4,7,13H,5-6H2,1-2H3. The van der Waals surface area contributed by atoms with E-state index in [1.165, 1.54) is 10.6 Å². The molecule has 86 valence electrons. The Hall–Kier alpha value is -0.650. The molecule has 0 aromatic carbocycles. The molecular weight excluding hydrogens is 286 g/mol. The summed E-state index contributed by atoms with van der Waals surface area (Å²) in [6.45, 7) is 0.979. The van der Waals surface area contributed by atoms with Gasteiger partial charge in [0.15, 0.2) is 0 Å². The minimum absolute atomic E-state index is 0.979. The fraction of sp³-hybridized carbons (Fsp3) is 0.364. The second-order valence-electron chi connectivity index (χ2n) is 3.60. The maximum atomic E-state index is 4.53. The highest BCUT2D eigenvalue weighted by molar-refractivity contribution is 9.11. The third-order valence-corrected chi connectivity index (χ3v) is 4.08. The summed E-state index contributed by atoms with van der Waals surface area (Å²) in [4.78, 5) is 1.21. The fourth-order valence-corrected chi connectivity index (χ4v) is 2.91. The Labute approximate surface area is 108 Å². The van der Waals surface area contributed by atoms with Crippen LogP contribution in [0, 0.1) is 0 Å². The third kappa shape index (κ3) is 2.53. The summed E-state index contributed by atoms with van der Waals surface area (Å²) in [5, 5.41) is 7.68. The van der Waals surface area contributed by atoms with Gasteiger partial charge in [0, 0.05) is 25.7 Å². The maximum absolute atomic E-state index is 4.53. The van der Waals surface area contributed by atoms with Gasteiger partial charge in [0.25, 0.3) is 0 Å². The number of nitrogens with one attached hydrogen (secondary N) is 1. The molecule has 0 atom stereocenters. The molecule has 0 bridgehead atoms. The van der Waals surface area contributed by atoms with Crippen molar-refractivity contribution in [3.8, 4) is 10.6 Å². The summed E-state index contributed by atoms with van der Waals surface area (Å²) < 4.78 is 3.10. The summed E-state index contributed by atoms with van der Waals surface area (Å²) in [5.41, 5.74) is 2.32. The van der Waals surface area contributed by atoms with Crippen LogP contribution in [0.4, 0.5) is 0 Å². The lowest BCUT2D eigenvalue weighted by Crippen LogP contribution is -2.12. The van der Waals surface area contributed by atoms with Crippen LogP contribution in [-0.2, 0) is 13.5 Å². The molecule has 1 N–H and O–H groups in total. The number of halogens is 1. The van der Waals surface area contributed by atoms with Gasteiger partial charge in [0.05, 0.1) is 8.66 Å². The molecule has 0 unspecified atom stereocenters. The Morgan fingerprint density at radius 3 is 2.94 bits per heavy atom. The highest BCUT2D eigenvalue weighted by Crippen LogP contribution is 2.30. The van der Waals surface area contributed by atoms with E-state index in [0.29, 0.717) is 0 Å². The fourth-order valence-electron chi connectivity index (χ4n) is 1.57. The molecule has 0 spiro atoms. The number of nitrogens with zero attached hydrogens (tertiary/aromatic N) is 2. The van der Waals surface area contributed by atoms with Gasteiger partial charge in [0.1, 0.15) is 5.69 Å². The van der Waals surface area contributed by atoms with Crippen molar-refractivity contribution in [2.24, 2.45) is 7.05 Å². The minimum atomic E-state index is 0.979. The number of hydrogen-bond donors (Lipinski definition) is 1. The Morgan fingerprint density at radius 2 is 2.31 bits per heavy atom. The van der Waals surface area contributed by atoms with Crippen molar-refractivity contribution in [2.45, 2.75) is 6.42 Å². The van der Waals surface area contributed by atoms with Crippen molar-refractivity contribution in [3.63, 3.8) is 0 Å². The highest BCUT2D eigenvalue weighted by Gasteiger charge is 2.08. The predicted molar refractivity (Wildman–Crippen MR) is 71.9 cm³/mol. The van der Waals surface area contributed by atoms with E-state index in [1.807, 2.05) is 18.8 Å². The van der Waals surface area contributed by atoms with Crippen LogP contribution in [0.1, 0.15) is 5.69 Å². The van der Waals surface area contributed by atoms with Gasteiger partial charge in [-0.05, 0) is 41.2 Å². The minimum Gasteiger partial charge on any atom is -0.319 e. The van der Waals surface area contributed by atoms with E-state index in [2.05, 4.69) is 44.5 Å². The number of hydrogen-bond acceptors (Lipinski definition) is 3. The molecule has 2 aromatic rings. The average Bonchev–Trinajstić information content (AvgIpc) is 2.82. The van der Waals surface area contributed by atoms with Gasteiger partial charge in [-0.25, -0.2) is 0 Å². The van der Waals surface area contributed by atoms with E-state index in [-0.39, 0.29) is 0 Å². The molecule has 3 nitrogen and oxygen atoms in total. The molecule has 2 aromatic heterocycles. The zero-order valence-electron chi connectivity index (χ0n) is 9.33. The Bertz CT molecular complexity index is 475. The largest absolute Gasteiger partial charge is 0.319 e. The zero-order valence-corrected chi connectivity index (χ0v) is 11.7.